The van der Waals surface area contributed by atoms with Crippen molar-refractivity contribution in [2.75, 3.05) is 32.8 Å². The van der Waals surface area contributed by atoms with Crippen LogP contribution in [-0.2, 0) is 9.53 Å². The maximum absolute atomic E-state index is 12.7. The van der Waals surface area contributed by atoms with Crippen LogP contribution in [0.2, 0.25) is 0 Å². The lowest BCUT2D eigenvalue weighted by Gasteiger charge is -2.34. The Hall–Kier alpha value is -0.770. The Balaban J connectivity index is 2.07. The Kier molecular flexibility index (Phi) is 8.54. The molecule has 0 aromatic heterocycles. The molecule has 2 saturated heterocycles. The Bertz CT molecular complexity index is 405. The molecule has 5 atom stereocenters. The van der Waals surface area contributed by atoms with Crippen LogP contribution in [0.4, 0.5) is 0 Å². The normalized spacial score (nSPS) is 34.2. The van der Waals surface area contributed by atoms with Gasteiger partial charge in [-0.3, -0.25) is 4.79 Å². The predicted molar refractivity (Wildman–Crippen MR) is 90.9 cm³/mol. The Morgan fingerprint density at radius 2 is 1.96 bits per heavy atom. The molecule has 0 unspecified atom stereocenters. The number of β-amino-alcohol motifs (C(OH)–C–C–N with tert-alkyl or cyclic N) is 1. The van der Waals surface area contributed by atoms with Crippen molar-refractivity contribution >= 4 is 5.91 Å². The molecule has 0 aliphatic carbocycles. The molecule has 0 spiro atoms. The molecule has 5 N–H and O–H groups in total. The van der Waals surface area contributed by atoms with E-state index >= 15 is 0 Å². The average molecular weight is 360 g/mol. The first-order valence-corrected chi connectivity index (χ1v) is 9.33. The summed E-state index contributed by atoms with van der Waals surface area (Å²) in [5, 5.41) is 43.0. The van der Waals surface area contributed by atoms with E-state index in [9.17, 15) is 20.1 Å². The third-order valence-electron chi connectivity index (χ3n) is 5.01. The van der Waals surface area contributed by atoms with Crippen molar-refractivity contribution in [2.24, 2.45) is 0 Å². The molecule has 1 amide bonds. The second kappa shape index (κ2) is 10.4. The van der Waals surface area contributed by atoms with Crippen molar-refractivity contribution in [1.29, 1.82) is 0 Å². The van der Waals surface area contributed by atoms with E-state index < -0.39 is 31.0 Å². The van der Waals surface area contributed by atoms with Crippen LogP contribution >= 0.6 is 0 Å². The van der Waals surface area contributed by atoms with Crippen LogP contribution in [0.15, 0.2) is 0 Å². The highest BCUT2D eigenvalue weighted by atomic mass is 16.5. The minimum Gasteiger partial charge on any atom is -0.394 e. The third-order valence-corrected chi connectivity index (χ3v) is 5.01. The van der Waals surface area contributed by atoms with Crippen LogP contribution in [0.1, 0.15) is 38.5 Å². The van der Waals surface area contributed by atoms with Gasteiger partial charge in [0, 0.05) is 19.7 Å². The number of carbonyl (C=O) groups is 1. The summed E-state index contributed by atoms with van der Waals surface area (Å²) in [4.78, 5) is 14.3. The molecule has 8 heteroatoms. The van der Waals surface area contributed by atoms with Gasteiger partial charge < -0.3 is 35.4 Å². The largest absolute Gasteiger partial charge is 0.394 e. The zero-order chi connectivity index (χ0) is 18.2. The number of amides is 1. The molecule has 2 fully saturated rings. The summed E-state index contributed by atoms with van der Waals surface area (Å²) in [6.45, 7) is 1.11. The van der Waals surface area contributed by atoms with Crippen LogP contribution in [0.25, 0.3) is 0 Å². The Morgan fingerprint density at radius 1 is 1.20 bits per heavy atom. The average Bonchev–Trinajstić information content (AvgIpc) is 3.14. The molecule has 0 aromatic rings. The summed E-state index contributed by atoms with van der Waals surface area (Å²) in [6.07, 6.45) is 0.191. The van der Waals surface area contributed by atoms with Crippen molar-refractivity contribution in [3.05, 3.63) is 0 Å². The highest BCUT2D eigenvalue weighted by molar-refractivity contribution is 5.82. The summed E-state index contributed by atoms with van der Waals surface area (Å²) >= 11 is 0. The fraction of sp³-hybridized carbons (Fsp3) is 0.941. The quantitative estimate of drug-likeness (QED) is 0.420. The Labute approximate surface area is 148 Å². The molecule has 2 aliphatic rings. The predicted octanol–water partition coefficient (Wildman–Crippen LogP) is -1.40. The zero-order valence-electron chi connectivity index (χ0n) is 14.7. The van der Waals surface area contributed by atoms with Crippen molar-refractivity contribution in [3.8, 4) is 0 Å². The number of aliphatic hydroxyl groups is 4. The number of nitrogens with one attached hydrogen (secondary N) is 1. The summed E-state index contributed by atoms with van der Waals surface area (Å²) in [5.41, 5.74) is 0. The van der Waals surface area contributed by atoms with Gasteiger partial charge in [0.05, 0.1) is 12.6 Å². The van der Waals surface area contributed by atoms with Gasteiger partial charge in [0.25, 0.3) is 0 Å². The second-order valence-electron chi connectivity index (χ2n) is 6.99. The standard InChI is InChI=1S/C17H32N2O6/c20-11-14(22)16-15(23)13(21)10-19(8-3-1-2-4-9-25-16)17(24)12-6-5-7-18-12/h12-16,18,20-23H,1-11H2/t12-,13-,14-,15-,16-/m1/s1. The van der Waals surface area contributed by atoms with Crippen molar-refractivity contribution < 1.29 is 30.0 Å². The minimum atomic E-state index is -1.38. The molecular weight excluding hydrogens is 328 g/mol. The molecular formula is C17H32N2O6. The van der Waals surface area contributed by atoms with E-state index in [-0.39, 0.29) is 18.5 Å². The first-order valence-electron chi connectivity index (χ1n) is 9.33. The Morgan fingerprint density at radius 3 is 2.64 bits per heavy atom. The summed E-state index contributed by atoms with van der Waals surface area (Å²) < 4.78 is 5.51. The van der Waals surface area contributed by atoms with E-state index in [1.54, 1.807) is 4.90 Å². The molecule has 2 heterocycles. The number of hydrogen-bond acceptors (Lipinski definition) is 7. The molecule has 146 valence electrons. The van der Waals surface area contributed by atoms with Crippen LogP contribution < -0.4 is 5.32 Å². The van der Waals surface area contributed by atoms with Gasteiger partial charge in [0.15, 0.2) is 0 Å². The van der Waals surface area contributed by atoms with E-state index in [1.807, 2.05) is 0 Å². The van der Waals surface area contributed by atoms with E-state index in [1.165, 1.54) is 0 Å². The topological polar surface area (TPSA) is 122 Å². The van der Waals surface area contributed by atoms with Crippen LogP contribution in [0.5, 0.6) is 0 Å². The lowest BCUT2D eigenvalue weighted by molar-refractivity contribution is -0.152. The number of carbonyl (C=O) groups excluding carboxylic acids is 1. The van der Waals surface area contributed by atoms with Gasteiger partial charge in [-0.15, -0.1) is 0 Å². The monoisotopic (exact) mass is 360 g/mol. The SMILES string of the molecule is O=C([C@H]1CCCN1)N1CCCCCCO[C@H]([C@H](O)CO)[C@H](O)[C@H](O)C1. The number of nitrogens with zero attached hydrogens (tertiary/aromatic N) is 1. The van der Waals surface area contributed by atoms with Crippen LogP contribution in [0, 0.1) is 0 Å². The summed E-state index contributed by atoms with van der Waals surface area (Å²) in [7, 11) is 0. The molecule has 8 nitrogen and oxygen atoms in total. The molecule has 2 aliphatic heterocycles. The smallest absolute Gasteiger partial charge is 0.239 e. The maximum atomic E-state index is 12.7. The van der Waals surface area contributed by atoms with E-state index in [2.05, 4.69) is 5.32 Å². The first kappa shape index (κ1) is 20.5. The summed E-state index contributed by atoms with van der Waals surface area (Å²) in [6, 6.07) is -0.229. The fourth-order valence-corrected chi connectivity index (χ4v) is 3.48. The van der Waals surface area contributed by atoms with Gasteiger partial charge >= 0.3 is 0 Å². The first-order chi connectivity index (χ1) is 12.0. The van der Waals surface area contributed by atoms with Gasteiger partial charge in [-0.1, -0.05) is 12.8 Å². The molecule has 25 heavy (non-hydrogen) atoms. The van der Waals surface area contributed by atoms with E-state index in [0.29, 0.717) is 13.2 Å². The van der Waals surface area contributed by atoms with Gasteiger partial charge in [-0.05, 0) is 32.2 Å². The number of aliphatic hydroxyl groups excluding tert-OH is 4. The lowest BCUT2D eigenvalue weighted by atomic mass is 10.0. The van der Waals surface area contributed by atoms with E-state index in [4.69, 9.17) is 9.84 Å². The third kappa shape index (κ3) is 5.87. The zero-order valence-corrected chi connectivity index (χ0v) is 14.7. The minimum absolute atomic E-state index is 0.0177. The number of hydrogen-bond donors (Lipinski definition) is 5. The van der Waals surface area contributed by atoms with Gasteiger partial charge in [-0.2, -0.15) is 0 Å². The fourth-order valence-electron chi connectivity index (χ4n) is 3.48. The van der Waals surface area contributed by atoms with Gasteiger partial charge in [-0.25, -0.2) is 0 Å². The molecule has 0 radical (unpaired) electrons. The van der Waals surface area contributed by atoms with Crippen molar-refractivity contribution in [2.45, 2.75) is 69.0 Å². The molecule has 0 aromatic carbocycles. The van der Waals surface area contributed by atoms with Crippen LogP contribution in [0.3, 0.4) is 0 Å². The van der Waals surface area contributed by atoms with Crippen molar-refractivity contribution in [1.82, 2.24) is 10.2 Å². The molecule has 0 saturated carbocycles. The molecule has 0 bridgehead atoms. The maximum Gasteiger partial charge on any atom is 0.239 e. The number of ether oxygens (including phenoxy) is 1. The lowest BCUT2D eigenvalue weighted by Crippen LogP contribution is -2.53. The summed E-state index contributed by atoms with van der Waals surface area (Å²) in [5.74, 6) is -0.0546. The van der Waals surface area contributed by atoms with Crippen LogP contribution in [-0.4, -0.2) is 94.5 Å². The van der Waals surface area contributed by atoms with Crippen molar-refractivity contribution in [3.63, 3.8) is 0 Å². The molecule has 2 rings (SSSR count). The highest BCUT2D eigenvalue weighted by Crippen LogP contribution is 2.16. The highest BCUT2D eigenvalue weighted by Gasteiger charge is 2.35. The van der Waals surface area contributed by atoms with E-state index in [0.717, 1.165) is 45.1 Å². The second-order valence-corrected chi connectivity index (χ2v) is 6.99. The van der Waals surface area contributed by atoms with Gasteiger partial charge in [0.1, 0.15) is 24.4 Å². The van der Waals surface area contributed by atoms with Gasteiger partial charge in [0.2, 0.25) is 5.91 Å². The number of rotatable bonds is 3.